The largest absolute Gasteiger partial charge is 0.486 e. The predicted molar refractivity (Wildman–Crippen MR) is 102 cm³/mol. The number of anilines is 1. The summed E-state index contributed by atoms with van der Waals surface area (Å²) in [5.41, 5.74) is 0.296. The first-order valence-electron chi connectivity index (χ1n) is 8.49. The highest BCUT2D eigenvalue weighted by Crippen LogP contribution is 2.32. The number of ether oxygens (including phenoxy) is 2. The van der Waals surface area contributed by atoms with Gasteiger partial charge in [0.25, 0.3) is 0 Å². The van der Waals surface area contributed by atoms with Gasteiger partial charge in [-0.2, -0.15) is 0 Å². The van der Waals surface area contributed by atoms with Crippen molar-refractivity contribution in [2.24, 2.45) is 0 Å². The van der Waals surface area contributed by atoms with Gasteiger partial charge < -0.3 is 14.8 Å². The standard InChI is InChI=1S/C18H18ClFN2O5S/c19-14-10-12(20)3-5-15(14)22-18(23)2-1-7-21-28(24,25)13-4-6-16-17(11-13)27-9-8-26-16/h3-6,10-11,21H,1-2,7-9H2,(H,22,23). The number of nitrogens with one attached hydrogen (secondary N) is 2. The van der Waals surface area contributed by atoms with Gasteiger partial charge in [-0.05, 0) is 36.8 Å². The van der Waals surface area contributed by atoms with Gasteiger partial charge in [0.1, 0.15) is 19.0 Å². The molecule has 2 aromatic rings. The van der Waals surface area contributed by atoms with Gasteiger partial charge in [0.2, 0.25) is 15.9 Å². The lowest BCUT2D eigenvalue weighted by atomic mass is 10.2. The third kappa shape index (κ3) is 5.12. The van der Waals surface area contributed by atoms with Crippen molar-refractivity contribution in [1.82, 2.24) is 4.72 Å². The lowest BCUT2D eigenvalue weighted by molar-refractivity contribution is -0.116. The van der Waals surface area contributed by atoms with Crippen molar-refractivity contribution in [2.45, 2.75) is 17.7 Å². The molecular formula is C18H18ClFN2O5S. The fourth-order valence-corrected chi connectivity index (χ4v) is 3.84. The van der Waals surface area contributed by atoms with Gasteiger partial charge in [0.05, 0.1) is 15.6 Å². The highest BCUT2D eigenvalue weighted by Gasteiger charge is 2.19. The molecule has 0 unspecified atom stereocenters. The van der Waals surface area contributed by atoms with Crippen LogP contribution in [0.2, 0.25) is 5.02 Å². The monoisotopic (exact) mass is 428 g/mol. The van der Waals surface area contributed by atoms with Crippen LogP contribution in [0.3, 0.4) is 0 Å². The van der Waals surface area contributed by atoms with Crippen LogP contribution in [0.25, 0.3) is 0 Å². The van der Waals surface area contributed by atoms with Crippen LogP contribution < -0.4 is 19.5 Å². The third-order valence-electron chi connectivity index (χ3n) is 3.90. The minimum Gasteiger partial charge on any atom is -0.486 e. The smallest absolute Gasteiger partial charge is 0.240 e. The van der Waals surface area contributed by atoms with E-state index in [1.54, 1.807) is 6.07 Å². The molecule has 1 heterocycles. The number of hydrogen-bond donors (Lipinski definition) is 2. The first-order valence-corrected chi connectivity index (χ1v) is 10.4. The lowest BCUT2D eigenvalue weighted by Crippen LogP contribution is -2.26. The van der Waals surface area contributed by atoms with Gasteiger partial charge in [-0.3, -0.25) is 4.79 Å². The minimum absolute atomic E-state index is 0.0549. The van der Waals surface area contributed by atoms with Gasteiger partial charge >= 0.3 is 0 Å². The lowest BCUT2D eigenvalue weighted by Gasteiger charge is -2.18. The first kappa shape index (κ1) is 20.4. The molecule has 0 spiro atoms. The molecule has 0 radical (unpaired) electrons. The molecule has 7 nitrogen and oxygen atoms in total. The molecule has 150 valence electrons. The average Bonchev–Trinajstić information content (AvgIpc) is 2.67. The van der Waals surface area contributed by atoms with Gasteiger partial charge in [-0.15, -0.1) is 0 Å². The Bertz CT molecular complexity index is 984. The van der Waals surface area contributed by atoms with Crippen LogP contribution in [-0.2, 0) is 14.8 Å². The van der Waals surface area contributed by atoms with Crippen LogP contribution in [0, 0.1) is 5.82 Å². The van der Waals surface area contributed by atoms with Crippen molar-refractivity contribution in [3.05, 3.63) is 47.2 Å². The summed E-state index contributed by atoms with van der Waals surface area (Å²) in [4.78, 5) is 12.0. The summed E-state index contributed by atoms with van der Waals surface area (Å²) >= 11 is 5.85. The second kappa shape index (κ2) is 8.76. The van der Waals surface area contributed by atoms with Crippen molar-refractivity contribution in [3.63, 3.8) is 0 Å². The number of hydrogen-bond acceptors (Lipinski definition) is 5. The van der Waals surface area contributed by atoms with E-state index >= 15 is 0 Å². The molecule has 0 atom stereocenters. The summed E-state index contributed by atoms with van der Waals surface area (Å²) in [5.74, 6) is 0.0228. The predicted octanol–water partition coefficient (Wildman–Crippen LogP) is 2.95. The number of benzene rings is 2. The number of carbonyl (C=O) groups excluding carboxylic acids is 1. The van der Waals surface area contributed by atoms with Crippen LogP contribution in [-0.4, -0.2) is 34.1 Å². The summed E-state index contributed by atoms with van der Waals surface area (Å²) in [5, 5.41) is 2.65. The summed E-state index contributed by atoms with van der Waals surface area (Å²) in [6, 6.07) is 8.02. The average molecular weight is 429 g/mol. The Morgan fingerprint density at radius 2 is 1.86 bits per heavy atom. The maximum Gasteiger partial charge on any atom is 0.240 e. The number of carbonyl (C=O) groups is 1. The zero-order valence-electron chi connectivity index (χ0n) is 14.7. The quantitative estimate of drug-likeness (QED) is 0.661. The molecule has 2 aromatic carbocycles. The highest BCUT2D eigenvalue weighted by molar-refractivity contribution is 7.89. The maximum atomic E-state index is 13.0. The van der Waals surface area contributed by atoms with Crippen LogP contribution in [0.5, 0.6) is 11.5 Å². The molecule has 1 amide bonds. The van der Waals surface area contributed by atoms with E-state index in [-0.39, 0.29) is 35.2 Å². The fraction of sp³-hybridized carbons (Fsp3) is 0.278. The second-order valence-corrected chi connectivity index (χ2v) is 8.15. The third-order valence-corrected chi connectivity index (χ3v) is 5.67. The summed E-state index contributed by atoms with van der Waals surface area (Å²) in [6.07, 6.45) is 0.339. The van der Waals surface area contributed by atoms with Crippen molar-refractivity contribution in [2.75, 3.05) is 25.1 Å². The molecule has 0 aliphatic carbocycles. The van der Waals surface area contributed by atoms with Crippen LogP contribution >= 0.6 is 11.6 Å². The SMILES string of the molecule is O=C(CCCNS(=O)(=O)c1ccc2c(c1)OCCO2)Nc1ccc(F)cc1Cl. The van der Waals surface area contributed by atoms with E-state index in [0.29, 0.717) is 30.4 Å². The maximum absolute atomic E-state index is 13.0. The molecule has 0 bridgehead atoms. The Labute approximate surface area is 166 Å². The first-order chi connectivity index (χ1) is 13.3. The normalized spacial score (nSPS) is 13.2. The topological polar surface area (TPSA) is 93.7 Å². The zero-order chi connectivity index (χ0) is 20.1. The van der Waals surface area contributed by atoms with Crippen molar-refractivity contribution in [1.29, 1.82) is 0 Å². The van der Waals surface area contributed by atoms with Crippen LogP contribution in [0.15, 0.2) is 41.3 Å². The number of sulfonamides is 1. The second-order valence-electron chi connectivity index (χ2n) is 5.98. The van der Waals surface area contributed by atoms with Gasteiger partial charge in [-0.1, -0.05) is 11.6 Å². The van der Waals surface area contributed by atoms with E-state index in [1.807, 2.05) is 0 Å². The Balaban J connectivity index is 1.49. The molecular weight excluding hydrogens is 411 g/mol. The van der Waals surface area contributed by atoms with Crippen molar-refractivity contribution in [3.8, 4) is 11.5 Å². The van der Waals surface area contributed by atoms with Crippen molar-refractivity contribution < 1.29 is 27.1 Å². The molecule has 3 rings (SSSR count). The van der Waals surface area contributed by atoms with Gasteiger partial charge in [-0.25, -0.2) is 17.5 Å². The van der Waals surface area contributed by atoms with E-state index in [4.69, 9.17) is 21.1 Å². The minimum atomic E-state index is -3.74. The van der Waals surface area contributed by atoms with Gasteiger partial charge in [0.15, 0.2) is 11.5 Å². The summed E-state index contributed by atoms with van der Waals surface area (Å²) in [6.45, 7) is 0.848. The van der Waals surface area contributed by atoms with E-state index in [9.17, 15) is 17.6 Å². The Morgan fingerprint density at radius 3 is 2.61 bits per heavy atom. The fourth-order valence-electron chi connectivity index (χ4n) is 2.53. The molecule has 10 heteroatoms. The Kier molecular flexibility index (Phi) is 6.38. The molecule has 28 heavy (non-hydrogen) atoms. The highest BCUT2D eigenvalue weighted by atomic mass is 35.5. The zero-order valence-corrected chi connectivity index (χ0v) is 16.3. The van der Waals surface area contributed by atoms with E-state index < -0.39 is 15.8 Å². The molecule has 0 aromatic heterocycles. The number of amides is 1. The van der Waals surface area contributed by atoms with Crippen LogP contribution in [0.4, 0.5) is 10.1 Å². The molecule has 1 aliphatic heterocycles. The number of halogens is 2. The van der Waals surface area contributed by atoms with Gasteiger partial charge in [0, 0.05) is 19.0 Å². The van der Waals surface area contributed by atoms with E-state index in [2.05, 4.69) is 10.0 Å². The van der Waals surface area contributed by atoms with Crippen molar-refractivity contribution >= 4 is 33.2 Å². The molecule has 0 fully saturated rings. The summed E-state index contributed by atoms with van der Waals surface area (Å²) in [7, 11) is -3.74. The molecule has 0 saturated heterocycles. The molecule has 1 aliphatic rings. The molecule has 2 N–H and O–H groups in total. The number of fused-ring (bicyclic) bond motifs is 1. The number of rotatable bonds is 7. The summed E-state index contributed by atoms with van der Waals surface area (Å²) < 4.78 is 50.9. The Morgan fingerprint density at radius 1 is 1.11 bits per heavy atom. The Hall–Kier alpha value is -2.36. The van der Waals surface area contributed by atoms with Crippen LogP contribution in [0.1, 0.15) is 12.8 Å². The van der Waals surface area contributed by atoms with E-state index in [0.717, 1.165) is 6.07 Å². The van der Waals surface area contributed by atoms with E-state index in [1.165, 1.54) is 24.3 Å². The molecule has 0 saturated carbocycles.